The Morgan fingerprint density at radius 3 is 3.12 bits per heavy atom. The lowest BCUT2D eigenvalue weighted by molar-refractivity contribution is 0.203. The maximum atomic E-state index is 4.13. The molecule has 0 fully saturated rings. The van der Waals surface area contributed by atoms with Crippen molar-refractivity contribution < 1.29 is 0 Å². The number of halogens is 1. The summed E-state index contributed by atoms with van der Waals surface area (Å²) in [5, 5.41) is 9.19. The van der Waals surface area contributed by atoms with E-state index >= 15 is 0 Å². The van der Waals surface area contributed by atoms with Crippen molar-refractivity contribution in [3.63, 3.8) is 0 Å². The van der Waals surface area contributed by atoms with Gasteiger partial charge < -0.3 is 4.57 Å². The van der Waals surface area contributed by atoms with E-state index < -0.39 is 0 Å². The molecule has 90 valence electrons. The van der Waals surface area contributed by atoms with Gasteiger partial charge in [0.1, 0.15) is 12.2 Å². The van der Waals surface area contributed by atoms with Crippen LogP contribution in [0.3, 0.4) is 0 Å². The summed E-state index contributed by atoms with van der Waals surface area (Å²) in [6.45, 7) is 6.64. The Morgan fingerprint density at radius 2 is 2.31 bits per heavy atom. The molecule has 0 N–H and O–H groups in total. The number of rotatable bonds is 5. The minimum atomic E-state index is 0.805. The smallest absolute Gasteiger partial charge is 0.147 e. The van der Waals surface area contributed by atoms with Crippen molar-refractivity contribution in [1.82, 2.24) is 19.7 Å². The minimum absolute atomic E-state index is 0.805. The van der Waals surface area contributed by atoms with E-state index in [9.17, 15) is 0 Å². The minimum Gasteiger partial charge on any atom is -0.315 e. The van der Waals surface area contributed by atoms with Gasteiger partial charge in [-0.05, 0) is 25.3 Å². The van der Waals surface area contributed by atoms with Gasteiger partial charge in [0.05, 0.1) is 6.54 Å². The second-order valence-corrected chi connectivity index (χ2v) is 5.38. The quantitative estimate of drug-likeness (QED) is 0.776. The van der Waals surface area contributed by atoms with Gasteiger partial charge >= 0.3 is 0 Å². The van der Waals surface area contributed by atoms with Crippen molar-refractivity contribution in [2.45, 2.75) is 32.9 Å². The van der Waals surface area contributed by atoms with E-state index in [1.165, 1.54) is 19.4 Å². The lowest BCUT2D eigenvalue weighted by atomic mass is 10.1. The van der Waals surface area contributed by atoms with Crippen LogP contribution in [0.25, 0.3) is 0 Å². The highest BCUT2D eigenvalue weighted by molar-refractivity contribution is 9.09. The second kappa shape index (κ2) is 5.77. The molecular formula is C11H19BrN4. The van der Waals surface area contributed by atoms with Crippen molar-refractivity contribution in [2.75, 3.05) is 18.4 Å². The Hall–Kier alpha value is -0.420. The molecule has 2 rings (SSSR count). The van der Waals surface area contributed by atoms with Crippen LogP contribution in [0.1, 0.15) is 25.6 Å². The molecule has 1 atom stereocenters. The van der Waals surface area contributed by atoms with E-state index in [2.05, 4.69) is 42.5 Å². The average Bonchev–Trinajstić information content (AvgIpc) is 2.74. The third-order valence-electron chi connectivity index (χ3n) is 3.26. The van der Waals surface area contributed by atoms with Gasteiger partial charge in [0.2, 0.25) is 0 Å². The number of nitrogens with zero attached hydrogens (tertiary/aromatic N) is 4. The van der Waals surface area contributed by atoms with Crippen molar-refractivity contribution >= 4 is 15.9 Å². The second-order valence-electron chi connectivity index (χ2n) is 4.59. The predicted molar refractivity (Wildman–Crippen MR) is 67.5 cm³/mol. The summed E-state index contributed by atoms with van der Waals surface area (Å²) in [4.78, 5) is 2.48. The summed E-state index contributed by atoms with van der Waals surface area (Å²) in [7, 11) is 0. The zero-order valence-corrected chi connectivity index (χ0v) is 11.4. The van der Waals surface area contributed by atoms with Crippen LogP contribution in [-0.4, -0.2) is 38.1 Å². The summed E-state index contributed by atoms with van der Waals surface area (Å²) in [6.07, 6.45) is 4.38. The van der Waals surface area contributed by atoms with Crippen LogP contribution in [-0.2, 0) is 13.1 Å². The fourth-order valence-electron chi connectivity index (χ4n) is 2.04. The molecule has 1 aliphatic rings. The lowest BCUT2D eigenvalue weighted by Gasteiger charge is -2.27. The topological polar surface area (TPSA) is 34.0 Å². The zero-order chi connectivity index (χ0) is 11.4. The predicted octanol–water partition coefficient (Wildman–Crippen LogP) is 1.90. The molecular weight excluding hydrogens is 268 g/mol. The summed E-state index contributed by atoms with van der Waals surface area (Å²) in [6, 6.07) is 0. The molecule has 0 saturated heterocycles. The van der Waals surface area contributed by atoms with Crippen LogP contribution in [0, 0.1) is 5.92 Å². The first-order valence-corrected chi connectivity index (χ1v) is 7.06. The Morgan fingerprint density at radius 1 is 1.44 bits per heavy atom. The maximum absolute atomic E-state index is 4.13. The zero-order valence-electron chi connectivity index (χ0n) is 9.77. The standard InChI is InChI=1S/C11H19BrN4/c1-10(2-4-12)3-5-15-6-7-16-9-13-14-11(16)8-15/h9-10H,2-8H2,1H3. The molecule has 0 radical (unpaired) electrons. The Bertz CT molecular complexity index is 326. The third-order valence-corrected chi connectivity index (χ3v) is 3.72. The average molecular weight is 287 g/mol. The SMILES string of the molecule is CC(CCBr)CCN1CCn2cnnc2C1. The molecule has 1 unspecified atom stereocenters. The molecule has 0 saturated carbocycles. The van der Waals surface area contributed by atoms with E-state index in [4.69, 9.17) is 0 Å². The third kappa shape index (κ3) is 3.04. The fraction of sp³-hybridized carbons (Fsp3) is 0.818. The van der Waals surface area contributed by atoms with Gasteiger partial charge in [-0.1, -0.05) is 22.9 Å². The monoisotopic (exact) mass is 286 g/mol. The highest BCUT2D eigenvalue weighted by Crippen LogP contribution is 2.14. The van der Waals surface area contributed by atoms with Crippen LogP contribution in [0.4, 0.5) is 0 Å². The summed E-state index contributed by atoms with van der Waals surface area (Å²) in [5.41, 5.74) is 0. The van der Waals surface area contributed by atoms with Crippen LogP contribution >= 0.6 is 15.9 Å². The van der Waals surface area contributed by atoms with E-state index in [1.54, 1.807) is 0 Å². The Labute approximate surface area is 105 Å². The van der Waals surface area contributed by atoms with Crippen molar-refractivity contribution in [2.24, 2.45) is 5.92 Å². The number of aromatic nitrogens is 3. The van der Waals surface area contributed by atoms with E-state index in [0.717, 1.165) is 36.7 Å². The first-order chi connectivity index (χ1) is 7.79. The van der Waals surface area contributed by atoms with E-state index in [0.29, 0.717) is 0 Å². The van der Waals surface area contributed by atoms with Gasteiger partial charge in [0.25, 0.3) is 0 Å². The van der Waals surface area contributed by atoms with Gasteiger partial charge in [-0.2, -0.15) is 0 Å². The molecule has 0 amide bonds. The number of alkyl halides is 1. The van der Waals surface area contributed by atoms with Crippen LogP contribution in [0.2, 0.25) is 0 Å². The summed E-state index contributed by atoms with van der Waals surface area (Å²) < 4.78 is 2.15. The first kappa shape index (κ1) is 12.0. The highest BCUT2D eigenvalue weighted by Gasteiger charge is 2.17. The van der Waals surface area contributed by atoms with Gasteiger partial charge in [-0.3, -0.25) is 4.90 Å². The molecule has 2 heterocycles. The molecule has 0 bridgehead atoms. The molecule has 0 spiro atoms. The van der Waals surface area contributed by atoms with Gasteiger partial charge in [-0.25, -0.2) is 0 Å². The van der Waals surface area contributed by atoms with E-state index in [-0.39, 0.29) is 0 Å². The van der Waals surface area contributed by atoms with Crippen LogP contribution < -0.4 is 0 Å². The largest absolute Gasteiger partial charge is 0.315 e. The Kier molecular flexibility index (Phi) is 4.35. The highest BCUT2D eigenvalue weighted by atomic mass is 79.9. The number of fused-ring (bicyclic) bond motifs is 1. The first-order valence-electron chi connectivity index (χ1n) is 5.94. The molecule has 1 aromatic heterocycles. The van der Waals surface area contributed by atoms with Crippen molar-refractivity contribution in [3.05, 3.63) is 12.2 Å². The van der Waals surface area contributed by atoms with Crippen LogP contribution in [0.15, 0.2) is 6.33 Å². The maximum Gasteiger partial charge on any atom is 0.147 e. The lowest BCUT2D eigenvalue weighted by Crippen LogP contribution is -2.34. The molecule has 0 aliphatic carbocycles. The molecule has 5 heteroatoms. The fourth-order valence-corrected chi connectivity index (χ4v) is 2.82. The van der Waals surface area contributed by atoms with E-state index in [1.807, 2.05) is 6.33 Å². The summed E-state index contributed by atoms with van der Waals surface area (Å²) in [5.74, 6) is 1.92. The molecule has 1 aliphatic heterocycles. The normalized spacial score (nSPS) is 18.4. The summed E-state index contributed by atoms with van der Waals surface area (Å²) >= 11 is 3.50. The van der Waals surface area contributed by atoms with Crippen molar-refractivity contribution in [3.8, 4) is 0 Å². The van der Waals surface area contributed by atoms with Gasteiger partial charge in [-0.15, -0.1) is 10.2 Å². The number of hydrogen-bond donors (Lipinski definition) is 0. The van der Waals surface area contributed by atoms with Crippen LogP contribution in [0.5, 0.6) is 0 Å². The molecule has 0 aromatic carbocycles. The molecule has 1 aromatic rings. The van der Waals surface area contributed by atoms with Crippen molar-refractivity contribution in [1.29, 1.82) is 0 Å². The number of hydrogen-bond acceptors (Lipinski definition) is 3. The Balaban J connectivity index is 1.77. The molecule has 16 heavy (non-hydrogen) atoms. The van der Waals surface area contributed by atoms with Gasteiger partial charge in [0.15, 0.2) is 0 Å². The molecule has 4 nitrogen and oxygen atoms in total. The van der Waals surface area contributed by atoms with Gasteiger partial charge in [0, 0.05) is 18.4 Å².